The number of hydrogen-bond donors (Lipinski definition) is 1. The molecule has 2 N–H and O–H groups in total. The van der Waals surface area contributed by atoms with Crippen LogP contribution in [0.3, 0.4) is 0 Å². The van der Waals surface area contributed by atoms with E-state index in [0.717, 1.165) is 12.8 Å². The van der Waals surface area contributed by atoms with E-state index in [0.29, 0.717) is 5.92 Å². The standard InChI is InChI=1S/C9H15NO2/c10-7-5-6-3-1-2-4-8(6)12-9(7)11/h6-8H,1-5,10H2. The van der Waals surface area contributed by atoms with Gasteiger partial charge in [-0.2, -0.15) is 0 Å². The van der Waals surface area contributed by atoms with E-state index in [1.807, 2.05) is 0 Å². The van der Waals surface area contributed by atoms with E-state index >= 15 is 0 Å². The van der Waals surface area contributed by atoms with Gasteiger partial charge in [0, 0.05) is 0 Å². The van der Waals surface area contributed by atoms with Crippen LogP contribution in [0.25, 0.3) is 0 Å². The molecular weight excluding hydrogens is 154 g/mol. The third kappa shape index (κ3) is 1.33. The van der Waals surface area contributed by atoms with Crippen molar-refractivity contribution in [3.63, 3.8) is 0 Å². The van der Waals surface area contributed by atoms with Gasteiger partial charge in [0.25, 0.3) is 0 Å². The summed E-state index contributed by atoms with van der Waals surface area (Å²) in [4.78, 5) is 11.1. The predicted molar refractivity (Wildman–Crippen MR) is 44.4 cm³/mol. The zero-order chi connectivity index (χ0) is 8.55. The Morgan fingerprint density at radius 3 is 2.92 bits per heavy atom. The quantitative estimate of drug-likeness (QED) is 0.546. The summed E-state index contributed by atoms with van der Waals surface area (Å²) in [6.45, 7) is 0. The number of nitrogens with two attached hydrogens (primary N) is 1. The van der Waals surface area contributed by atoms with Crippen molar-refractivity contribution in [1.82, 2.24) is 0 Å². The van der Waals surface area contributed by atoms with Crippen LogP contribution < -0.4 is 5.73 Å². The van der Waals surface area contributed by atoms with Gasteiger partial charge >= 0.3 is 5.97 Å². The zero-order valence-corrected chi connectivity index (χ0v) is 7.16. The van der Waals surface area contributed by atoms with Gasteiger partial charge in [0.1, 0.15) is 12.1 Å². The van der Waals surface area contributed by atoms with Crippen LogP contribution in [0, 0.1) is 5.92 Å². The maximum Gasteiger partial charge on any atom is 0.323 e. The number of esters is 1. The summed E-state index contributed by atoms with van der Waals surface area (Å²) in [5.74, 6) is 0.351. The molecule has 2 aliphatic rings. The maximum absolute atomic E-state index is 11.1. The summed E-state index contributed by atoms with van der Waals surface area (Å²) in [6, 6.07) is -0.357. The Morgan fingerprint density at radius 1 is 1.33 bits per heavy atom. The van der Waals surface area contributed by atoms with Gasteiger partial charge in [0.2, 0.25) is 0 Å². The second-order valence-corrected chi connectivity index (χ2v) is 3.86. The number of carbonyl (C=O) groups excluding carboxylic acids is 1. The van der Waals surface area contributed by atoms with Crippen LogP contribution in [0.2, 0.25) is 0 Å². The molecule has 3 atom stereocenters. The largest absolute Gasteiger partial charge is 0.461 e. The van der Waals surface area contributed by atoms with Crippen LogP contribution in [-0.2, 0) is 9.53 Å². The van der Waals surface area contributed by atoms with Crippen LogP contribution in [0.1, 0.15) is 32.1 Å². The number of carbonyl (C=O) groups is 1. The van der Waals surface area contributed by atoms with Crippen molar-refractivity contribution in [2.24, 2.45) is 11.7 Å². The van der Waals surface area contributed by atoms with Crippen molar-refractivity contribution in [3.8, 4) is 0 Å². The van der Waals surface area contributed by atoms with Gasteiger partial charge < -0.3 is 10.5 Å². The highest BCUT2D eigenvalue weighted by molar-refractivity contribution is 5.76. The van der Waals surface area contributed by atoms with Crippen LogP contribution >= 0.6 is 0 Å². The molecule has 0 aromatic rings. The monoisotopic (exact) mass is 169 g/mol. The number of ether oxygens (including phenoxy) is 1. The molecule has 1 heterocycles. The van der Waals surface area contributed by atoms with Crippen molar-refractivity contribution in [1.29, 1.82) is 0 Å². The minimum atomic E-state index is -0.357. The van der Waals surface area contributed by atoms with Crippen molar-refractivity contribution in [2.75, 3.05) is 0 Å². The number of rotatable bonds is 0. The highest BCUT2D eigenvalue weighted by Gasteiger charge is 2.36. The van der Waals surface area contributed by atoms with Gasteiger partial charge in [-0.15, -0.1) is 0 Å². The Morgan fingerprint density at radius 2 is 2.08 bits per heavy atom. The summed E-state index contributed by atoms with van der Waals surface area (Å²) in [5, 5.41) is 0. The lowest BCUT2D eigenvalue weighted by atomic mass is 9.81. The molecule has 12 heavy (non-hydrogen) atoms. The molecule has 0 radical (unpaired) electrons. The Bertz CT molecular complexity index is 193. The fourth-order valence-corrected chi connectivity index (χ4v) is 2.26. The zero-order valence-electron chi connectivity index (χ0n) is 7.16. The average molecular weight is 169 g/mol. The third-order valence-electron chi connectivity index (χ3n) is 2.97. The molecule has 0 spiro atoms. The molecule has 1 saturated carbocycles. The summed E-state index contributed by atoms with van der Waals surface area (Å²) in [6.07, 6.45) is 5.72. The molecule has 2 rings (SSSR count). The van der Waals surface area contributed by atoms with Crippen molar-refractivity contribution < 1.29 is 9.53 Å². The maximum atomic E-state index is 11.1. The fourth-order valence-electron chi connectivity index (χ4n) is 2.26. The van der Waals surface area contributed by atoms with E-state index in [1.54, 1.807) is 0 Å². The summed E-state index contributed by atoms with van der Waals surface area (Å²) < 4.78 is 5.24. The molecule has 3 nitrogen and oxygen atoms in total. The van der Waals surface area contributed by atoms with Gasteiger partial charge in [-0.25, -0.2) is 0 Å². The van der Waals surface area contributed by atoms with Gasteiger partial charge in [-0.3, -0.25) is 4.79 Å². The lowest BCUT2D eigenvalue weighted by Crippen LogP contribution is -2.46. The second kappa shape index (κ2) is 3.05. The first kappa shape index (κ1) is 8.05. The minimum Gasteiger partial charge on any atom is -0.461 e. The van der Waals surface area contributed by atoms with E-state index < -0.39 is 0 Å². The summed E-state index contributed by atoms with van der Waals surface area (Å²) in [5.41, 5.74) is 5.61. The molecule has 0 aromatic carbocycles. The molecule has 0 aromatic heterocycles. The predicted octanol–water partition coefficient (Wildman–Crippen LogP) is 0.819. The van der Waals surface area contributed by atoms with Gasteiger partial charge in [0.05, 0.1) is 0 Å². The normalized spacial score (nSPS) is 41.8. The van der Waals surface area contributed by atoms with E-state index in [-0.39, 0.29) is 18.1 Å². The van der Waals surface area contributed by atoms with Gasteiger partial charge in [-0.05, 0) is 31.6 Å². The Kier molecular flexibility index (Phi) is 2.05. The van der Waals surface area contributed by atoms with E-state index in [1.165, 1.54) is 19.3 Å². The number of hydrogen-bond acceptors (Lipinski definition) is 3. The molecule has 3 unspecified atom stereocenters. The molecule has 0 bridgehead atoms. The topological polar surface area (TPSA) is 52.3 Å². The Labute approximate surface area is 72.3 Å². The van der Waals surface area contributed by atoms with Crippen LogP contribution in [0.4, 0.5) is 0 Å². The van der Waals surface area contributed by atoms with Gasteiger partial charge in [0.15, 0.2) is 0 Å². The molecule has 2 fully saturated rings. The fraction of sp³-hybridized carbons (Fsp3) is 0.889. The molecule has 1 aliphatic carbocycles. The molecule has 1 saturated heterocycles. The van der Waals surface area contributed by atoms with Crippen molar-refractivity contribution in [2.45, 2.75) is 44.2 Å². The average Bonchev–Trinajstić information content (AvgIpc) is 2.07. The minimum absolute atomic E-state index is 0.186. The number of fused-ring (bicyclic) bond motifs is 1. The first-order chi connectivity index (χ1) is 5.77. The molecule has 3 heteroatoms. The van der Waals surface area contributed by atoms with Crippen LogP contribution in [-0.4, -0.2) is 18.1 Å². The van der Waals surface area contributed by atoms with E-state index in [2.05, 4.69) is 0 Å². The SMILES string of the molecule is NC1CC2CCCCC2OC1=O. The molecular formula is C9H15NO2. The van der Waals surface area contributed by atoms with E-state index in [9.17, 15) is 4.79 Å². The Hall–Kier alpha value is -0.570. The van der Waals surface area contributed by atoms with Crippen LogP contribution in [0.15, 0.2) is 0 Å². The van der Waals surface area contributed by atoms with Gasteiger partial charge in [-0.1, -0.05) is 6.42 Å². The third-order valence-corrected chi connectivity index (χ3v) is 2.97. The second-order valence-electron chi connectivity index (χ2n) is 3.86. The lowest BCUT2D eigenvalue weighted by molar-refractivity contribution is -0.163. The lowest BCUT2D eigenvalue weighted by Gasteiger charge is -2.36. The van der Waals surface area contributed by atoms with Crippen molar-refractivity contribution >= 4 is 5.97 Å². The Balaban J connectivity index is 2.02. The highest BCUT2D eigenvalue weighted by Crippen LogP contribution is 2.33. The summed E-state index contributed by atoms with van der Waals surface area (Å²) in [7, 11) is 0. The smallest absolute Gasteiger partial charge is 0.323 e. The molecule has 1 aliphatic heterocycles. The first-order valence-corrected chi connectivity index (χ1v) is 4.73. The van der Waals surface area contributed by atoms with Crippen LogP contribution in [0.5, 0.6) is 0 Å². The van der Waals surface area contributed by atoms with E-state index in [4.69, 9.17) is 10.5 Å². The van der Waals surface area contributed by atoms with Crippen molar-refractivity contribution in [3.05, 3.63) is 0 Å². The highest BCUT2D eigenvalue weighted by atomic mass is 16.5. The molecule has 0 amide bonds. The first-order valence-electron chi connectivity index (χ1n) is 4.73. The summed E-state index contributed by atoms with van der Waals surface area (Å²) >= 11 is 0. The molecule has 68 valence electrons.